The molecule has 1 atom stereocenters. The standard InChI is InChI=1S/C17H23N3O2/c1-4-15(16-10-11-18-20(16)2)19-17(21)9-8-13-6-5-7-14(12-13)22-3/h5-7,10-12,15H,4,8-9H2,1-3H3,(H,19,21)/t15-/m1/s1. The van der Waals surface area contributed by atoms with Crippen molar-refractivity contribution in [3.8, 4) is 5.75 Å². The molecule has 0 unspecified atom stereocenters. The van der Waals surface area contributed by atoms with Crippen LogP contribution in [0.3, 0.4) is 0 Å². The monoisotopic (exact) mass is 301 g/mol. The van der Waals surface area contributed by atoms with E-state index in [1.165, 1.54) is 0 Å². The van der Waals surface area contributed by atoms with Crippen LogP contribution in [0.2, 0.25) is 0 Å². The van der Waals surface area contributed by atoms with Crippen molar-refractivity contribution in [1.82, 2.24) is 15.1 Å². The molecule has 0 radical (unpaired) electrons. The summed E-state index contributed by atoms with van der Waals surface area (Å²) in [4.78, 5) is 12.2. The first-order valence-electron chi connectivity index (χ1n) is 7.54. The molecule has 0 aliphatic heterocycles. The van der Waals surface area contributed by atoms with Crippen molar-refractivity contribution in [3.63, 3.8) is 0 Å². The highest BCUT2D eigenvalue weighted by molar-refractivity contribution is 5.76. The average molecular weight is 301 g/mol. The number of ether oxygens (including phenoxy) is 1. The van der Waals surface area contributed by atoms with Gasteiger partial charge in [-0.1, -0.05) is 19.1 Å². The van der Waals surface area contributed by atoms with Crippen LogP contribution in [0.25, 0.3) is 0 Å². The van der Waals surface area contributed by atoms with E-state index < -0.39 is 0 Å². The molecule has 0 spiro atoms. The Balaban J connectivity index is 1.90. The fraction of sp³-hybridized carbons (Fsp3) is 0.412. The Kier molecular flexibility index (Phi) is 5.58. The van der Waals surface area contributed by atoms with Crippen molar-refractivity contribution >= 4 is 5.91 Å². The summed E-state index contributed by atoms with van der Waals surface area (Å²) in [7, 11) is 3.53. The van der Waals surface area contributed by atoms with Gasteiger partial charge in [0.1, 0.15) is 5.75 Å². The van der Waals surface area contributed by atoms with E-state index in [1.54, 1.807) is 18.0 Å². The topological polar surface area (TPSA) is 56.1 Å². The number of aromatic nitrogens is 2. The number of aryl methyl sites for hydroxylation is 2. The molecular weight excluding hydrogens is 278 g/mol. The van der Waals surface area contributed by atoms with E-state index in [0.717, 1.165) is 23.4 Å². The van der Waals surface area contributed by atoms with Crippen molar-refractivity contribution in [2.75, 3.05) is 7.11 Å². The normalized spacial score (nSPS) is 12.0. The van der Waals surface area contributed by atoms with Crippen LogP contribution in [-0.4, -0.2) is 22.8 Å². The number of nitrogens with zero attached hydrogens (tertiary/aromatic N) is 2. The van der Waals surface area contributed by atoms with Crippen molar-refractivity contribution in [2.24, 2.45) is 7.05 Å². The molecule has 0 fully saturated rings. The van der Waals surface area contributed by atoms with Crippen LogP contribution in [0, 0.1) is 0 Å². The Hall–Kier alpha value is -2.30. The number of rotatable bonds is 7. The van der Waals surface area contributed by atoms with Crippen molar-refractivity contribution < 1.29 is 9.53 Å². The summed E-state index contributed by atoms with van der Waals surface area (Å²) in [5, 5.41) is 7.23. The molecule has 0 bridgehead atoms. The Morgan fingerprint density at radius 2 is 2.23 bits per heavy atom. The van der Waals surface area contributed by atoms with Gasteiger partial charge in [0.15, 0.2) is 0 Å². The number of hydrogen-bond donors (Lipinski definition) is 1. The van der Waals surface area contributed by atoms with Gasteiger partial charge in [-0.3, -0.25) is 9.48 Å². The van der Waals surface area contributed by atoms with Crippen LogP contribution < -0.4 is 10.1 Å². The van der Waals surface area contributed by atoms with Crippen LogP contribution >= 0.6 is 0 Å². The van der Waals surface area contributed by atoms with Crippen molar-refractivity contribution in [1.29, 1.82) is 0 Å². The Bertz CT molecular complexity index is 622. The molecule has 5 heteroatoms. The van der Waals surface area contributed by atoms with Crippen LogP contribution in [-0.2, 0) is 18.3 Å². The second-order valence-corrected chi connectivity index (χ2v) is 5.26. The van der Waals surface area contributed by atoms with Gasteiger partial charge < -0.3 is 10.1 Å². The van der Waals surface area contributed by atoms with Crippen molar-refractivity contribution in [2.45, 2.75) is 32.2 Å². The smallest absolute Gasteiger partial charge is 0.220 e. The minimum absolute atomic E-state index is 0.00492. The van der Waals surface area contributed by atoms with Crippen LogP contribution in [0.4, 0.5) is 0 Å². The third-order valence-electron chi connectivity index (χ3n) is 3.73. The van der Waals surface area contributed by atoms with Gasteiger partial charge in [-0.05, 0) is 36.6 Å². The number of carbonyl (C=O) groups is 1. The lowest BCUT2D eigenvalue weighted by molar-refractivity contribution is -0.121. The molecule has 0 saturated heterocycles. The molecule has 5 nitrogen and oxygen atoms in total. The zero-order valence-electron chi connectivity index (χ0n) is 13.4. The third-order valence-corrected chi connectivity index (χ3v) is 3.73. The van der Waals surface area contributed by atoms with E-state index in [-0.39, 0.29) is 11.9 Å². The summed E-state index contributed by atoms with van der Waals surface area (Å²) in [5.41, 5.74) is 2.13. The number of amides is 1. The molecule has 1 aromatic carbocycles. The largest absolute Gasteiger partial charge is 0.497 e. The van der Waals surface area contributed by atoms with E-state index in [9.17, 15) is 4.79 Å². The number of nitrogens with one attached hydrogen (secondary N) is 1. The highest BCUT2D eigenvalue weighted by atomic mass is 16.5. The minimum atomic E-state index is 0.00492. The van der Waals surface area contributed by atoms with Gasteiger partial charge in [0.05, 0.1) is 18.8 Å². The predicted octanol–water partition coefficient (Wildman–Crippen LogP) is 2.63. The lowest BCUT2D eigenvalue weighted by Gasteiger charge is -2.17. The quantitative estimate of drug-likeness (QED) is 0.855. The van der Waals surface area contributed by atoms with Gasteiger partial charge in [0.25, 0.3) is 0 Å². The maximum atomic E-state index is 12.2. The maximum Gasteiger partial charge on any atom is 0.220 e. The number of methoxy groups -OCH3 is 1. The lowest BCUT2D eigenvalue weighted by atomic mass is 10.1. The second kappa shape index (κ2) is 7.64. The van der Waals surface area contributed by atoms with Crippen LogP contribution in [0.15, 0.2) is 36.5 Å². The molecule has 1 amide bonds. The predicted molar refractivity (Wildman–Crippen MR) is 85.7 cm³/mol. The molecule has 0 aliphatic carbocycles. The SMILES string of the molecule is CC[C@@H](NC(=O)CCc1cccc(OC)c1)c1ccnn1C. The second-order valence-electron chi connectivity index (χ2n) is 5.26. The first-order chi connectivity index (χ1) is 10.6. The third kappa shape index (κ3) is 4.10. The van der Waals surface area contributed by atoms with E-state index in [0.29, 0.717) is 12.8 Å². The van der Waals surface area contributed by atoms with Gasteiger partial charge in [-0.25, -0.2) is 0 Å². The zero-order valence-corrected chi connectivity index (χ0v) is 13.4. The maximum absolute atomic E-state index is 12.2. The highest BCUT2D eigenvalue weighted by Gasteiger charge is 2.15. The Morgan fingerprint density at radius 1 is 1.41 bits per heavy atom. The van der Waals surface area contributed by atoms with Gasteiger partial charge >= 0.3 is 0 Å². The molecule has 1 heterocycles. The molecule has 1 N–H and O–H groups in total. The summed E-state index contributed by atoms with van der Waals surface area (Å²) in [5.74, 6) is 0.870. The summed E-state index contributed by atoms with van der Waals surface area (Å²) < 4.78 is 7.00. The van der Waals surface area contributed by atoms with Gasteiger partial charge in [-0.15, -0.1) is 0 Å². The number of carbonyl (C=O) groups excluding carboxylic acids is 1. The first kappa shape index (κ1) is 16.1. The summed E-state index contributed by atoms with van der Waals surface area (Å²) in [6.07, 6.45) is 3.75. The van der Waals surface area contributed by atoms with Crippen molar-refractivity contribution in [3.05, 3.63) is 47.8 Å². The van der Waals surface area contributed by atoms with E-state index >= 15 is 0 Å². The van der Waals surface area contributed by atoms with E-state index in [4.69, 9.17) is 4.74 Å². The van der Waals surface area contributed by atoms with Gasteiger partial charge in [0.2, 0.25) is 5.91 Å². The molecule has 1 aromatic heterocycles. The van der Waals surface area contributed by atoms with E-state index in [2.05, 4.69) is 17.3 Å². The van der Waals surface area contributed by atoms with Gasteiger partial charge in [-0.2, -0.15) is 5.10 Å². The molecule has 118 valence electrons. The first-order valence-corrected chi connectivity index (χ1v) is 7.54. The Morgan fingerprint density at radius 3 is 2.86 bits per heavy atom. The number of hydrogen-bond acceptors (Lipinski definition) is 3. The summed E-state index contributed by atoms with van der Waals surface area (Å²) in [6, 6.07) is 9.76. The van der Waals surface area contributed by atoms with E-state index in [1.807, 2.05) is 37.4 Å². The summed E-state index contributed by atoms with van der Waals surface area (Å²) >= 11 is 0. The minimum Gasteiger partial charge on any atom is -0.497 e. The molecule has 0 aliphatic rings. The van der Waals surface area contributed by atoms with Crippen LogP contribution in [0.1, 0.15) is 37.1 Å². The number of benzene rings is 1. The molecular formula is C17H23N3O2. The van der Waals surface area contributed by atoms with Gasteiger partial charge in [0, 0.05) is 19.7 Å². The average Bonchev–Trinajstić information content (AvgIpc) is 2.96. The fourth-order valence-electron chi connectivity index (χ4n) is 2.46. The fourth-order valence-corrected chi connectivity index (χ4v) is 2.46. The molecule has 2 aromatic rings. The van der Waals surface area contributed by atoms with Crippen LogP contribution in [0.5, 0.6) is 5.75 Å². The Labute approximate surface area is 131 Å². The summed E-state index contributed by atoms with van der Waals surface area (Å²) in [6.45, 7) is 2.06. The zero-order chi connectivity index (χ0) is 15.9. The molecule has 22 heavy (non-hydrogen) atoms. The lowest BCUT2D eigenvalue weighted by Crippen LogP contribution is -2.29. The molecule has 0 saturated carbocycles. The molecule has 2 rings (SSSR count). The highest BCUT2D eigenvalue weighted by Crippen LogP contribution is 2.17.